The van der Waals surface area contributed by atoms with Gasteiger partial charge in [0.05, 0.1) is 31.8 Å². The molecule has 1 aromatic carbocycles. The number of hydrogen-bond acceptors (Lipinski definition) is 4. The molecule has 0 unspecified atom stereocenters. The molecular formula is C15H20O5. The molecule has 0 aromatic heterocycles. The van der Waals surface area contributed by atoms with Crippen LogP contribution < -0.4 is 9.47 Å². The first-order valence-corrected chi connectivity index (χ1v) is 6.09. The number of benzene rings is 1. The minimum atomic E-state index is -1.15. The van der Waals surface area contributed by atoms with E-state index in [1.807, 2.05) is 0 Å². The van der Waals surface area contributed by atoms with Crippen molar-refractivity contribution in [1.82, 2.24) is 0 Å². The highest BCUT2D eigenvalue weighted by Crippen LogP contribution is 2.40. The van der Waals surface area contributed by atoms with E-state index in [0.29, 0.717) is 28.2 Å². The normalized spacial score (nSPS) is 11.1. The average molecular weight is 280 g/mol. The van der Waals surface area contributed by atoms with Crippen LogP contribution in [-0.2, 0) is 10.4 Å². The van der Waals surface area contributed by atoms with Gasteiger partial charge < -0.3 is 19.7 Å². The molecule has 0 heterocycles. The first-order chi connectivity index (χ1) is 9.20. The minimum absolute atomic E-state index is 0.172. The van der Waals surface area contributed by atoms with E-state index in [1.54, 1.807) is 26.0 Å². The van der Waals surface area contributed by atoms with E-state index in [2.05, 4.69) is 6.58 Å². The smallest absolute Gasteiger partial charge is 0.307 e. The molecule has 2 N–H and O–H groups in total. The largest absolute Gasteiger partial charge is 0.496 e. The maximum Gasteiger partial charge on any atom is 0.307 e. The van der Waals surface area contributed by atoms with Crippen molar-refractivity contribution >= 4 is 11.5 Å². The Hall–Kier alpha value is -2.01. The molecule has 0 saturated heterocycles. The van der Waals surface area contributed by atoms with Crippen LogP contribution in [0.3, 0.4) is 0 Å². The van der Waals surface area contributed by atoms with Gasteiger partial charge in [-0.3, -0.25) is 4.79 Å². The summed E-state index contributed by atoms with van der Waals surface area (Å²) in [5, 5.41) is 19.0. The lowest BCUT2D eigenvalue weighted by Gasteiger charge is -2.24. The molecule has 1 aromatic rings. The highest BCUT2D eigenvalue weighted by molar-refractivity contribution is 5.84. The Kier molecular flexibility index (Phi) is 4.78. The van der Waals surface area contributed by atoms with E-state index >= 15 is 0 Å². The Bertz CT molecular complexity index is 501. The molecule has 0 atom stereocenters. The fraction of sp³-hybridized carbons (Fsp3) is 0.400. The van der Waals surface area contributed by atoms with Crippen molar-refractivity contribution in [2.45, 2.75) is 25.9 Å². The summed E-state index contributed by atoms with van der Waals surface area (Å²) in [6.07, 6.45) is -0.172. The van der Waals surface area contributed by atoms with Crippen molar-refractivity contribution < 1.29 is 24.5 Å². The third-order valence-electron chi connectivity index (χ3n) is 2.89. The fourth-order valence-corrected chi connectivity index (χ4v) is 2.00. The van der Waals surface area contributed by atoms with Gasteiger partial charge in [-0.05, 0) is 37.1 Å². The predicted molar refractivity (Wildman–Crippen MR) is 76.1 cm³/mol. The summed E-state index contributed by atoms with van der Waals surface area (Å²) >= 11 is 0. The summed E-state index contributed by atoms with van der Waals surface area (Å²) in [7, 11) is 2.96. The number of methoxy groups -OCH3 is 2. The lowest BCUT2D eigenvalue weighted by atomic mass is 9.92. The van der Waals surface area contributed by atoms with Crippen LogP contribution >= 0.6 is 0 Å². The summed E-state index contributed by atoms with van der Waals surface area (Å²) in [5.74, 6) is -0.101. The molecule has 0 bridgehead atoms. The second-order valence-corrected chi connectivity index (χ2v) is 4.99. The van der Waals surface area contributed by atoms with Crippen LogP contribution in [0.4, 0.5) is 0 Å². The lowest BCUT2D eigenvalue weighted by molar-refractivity contribution is -0.135. The molecule has 0 aliphatic carbocycles. The molecule has 110 valence electrons. The maximum atomic E-state index is 10.8. The van der Waals surface area contributed by atoms with Gasteiger partial charge in [-0.25, -0.2) is 0 Å². The molecule has 0 aliphatic heterocycles. The van der Waals surface area contributed by atoms with Crippen molar-refractivity contribution in [3.63, 3.8) is 0 Å². The molecule has 0 saturated carbocycles. The number of carbonyl (C=O) groups is 1. The predicted octanol–water partition coefficient (Wildman–Crippen LogP) is 2.42. The Morgan fingerprint density at radius 1 is 1.25 bits per heavy atom. The van der Waals surface area contributed by atoms with Gasteiger partial charge in [0.2, 0.25) is 0 Å². The zero-order valence-corrected chi connectivity index (χ0v) is 12.2. The van der Waals surface area contributed by atoms with E-state index in [-0.39, 0.29) is 6.42 Å². The van der Waals surface area contributed by atoms with E-state index < -0.39 is 11.6 Å². The average Bonchev–Trinajstić information content (AvgIpc) is 2.34. The Labute approximate surface area is 118 Å². The molecule has 0 amide bonds. The first-order valence-electron chi connectivity index (χ1n) is 6.09. The van der Waals surface area contributed by atoms with Gasteiger partial charge in [-0.2, -0.15) is 0 Å². The third-order valence-corrected chi connectivity index (χ3v) is 2.89. The Balaban J connectivity index is 3.40. The SMILES string of the molecule is C=C(CC(=O)O)c1cc(OC)c(C(C)(C)O)c(OC)c1. The number of aliphatic carboxylic acids is 1. The molecule has 0 spiro atoms. The standard InChI is InChI=1S/C15H20O5/c1-9(6-13(16)17)10-7-11(19-4)14(15(2,3)18)12(8-10)20-5/h7-8,18H,1,6H2,2-5H3,(H,16,17). The number of carboxylic acid groups (broad SMARTS) is 1. The fourth-order valence-electron chi connectivity index (χ4n) is 2.00. The molecule has 5 nitrogen and oxygen atoms in total. The van der Waals surface area contributed by atoms with E-state index in [9.17, 15) is 9.90 Å². The monoisotopic (exact) mass is 280 g/mol. The van der Waals surface area contributed by atoms with Crippen molar-refractivity contribution in [2.24, 2.45) is 0 Å². The van der Waals surface area contributed by atoms with Gasteiger partial charge in [-0.1, -0.05) is 6.58 Å². The summed E-state index contributed by atoms with van der Waals surface area (Å²) < 4.78 is 10.6. The molecule has 20 heavy (non-hydrogen) atoms. The van der Waals surface area contributed by atoms with Crippen molar-refractivity contribution in [2.75, 3.05) is 14.2 Å². The maximum absolute atomic E-state index is 10.8. The number of aliphatic hydroxyl groups is 1. The molecule has 0 radical (unpaired) electrons. The minimum Gasteiger partial charge on any atom is -0.496 e. The Morgan fingerprint density at radius 2 is 1.70 bits per heavy atom. The highest BCUT2D eigenvalue weighted by atomic mass is 16.5. The summed E-state index contributed by atoms with van der Waals surface area (Å²) in [6.45, 7) is 7.00. The molecule has 0 fully saturated rings. The topological polar surface area (TPSA) is 76.0 Å². The van der Waals surface area contributed by atoms with Crippen LogP contribution in [0.1, 0.15) is 31.4 Å². The van der Waals surface area contributed by atoms with Crippen LogP contribution in [0.15, 0.2) is 18.7 Å². The van der Waals surface area contributed by atoms with E-state index in [1.165, 1.54) is 14.2 Å². The van der Waals surface area contributed by atoms with Gasteiger partial charge in [0.25, 0.3) is 0 Å². The quantitative estimate of drug-likeness (QED) is 0.837. The van der Waals surface area contributed by atoms with Gasteiger partial charge in [0.1, 0.15) is 11.5 Å². The number of carboxylic acids is 1. The number of hydrogen-bond donors (Lipinski definition) is 2. The molecule has 1 rings (SSSR count). The summed E-state index contributed by atoms with van der Waals surface area (Å²) in [4.78, 5) is 10.8. The molecular weight excluding hydrogens is 260 g/mol. The van der Waals surface area contributed by atoms with Crippen LogP contribution in [0, 0.1) is 0 Å². The number of rotatable bonds is 6. The van der Waals surface area contributed by atoms with Crippen molar-refractivity contribution in [1.29, 1.82) is 0 Å². The third kappa shape index (κ3) is 3.51. The van der Waals surface area contributed by atoms with Gasteiger partial charge in [-0.15, -0.1) is 0 Å². The van der Waals surface area contributed by atoms with Crippen LogP contribution in [-0.4, -0.2) is 30.4 Å². The lowest BCUT2D eigenvalue weighted by Crippen LogP contribution is -2.18. The molecule has 0 aliphatic rings. The summed E-state index contributed by atoms with van der Waals surface area (Å²) in [6, 6.07) is 3.31. The van der Waals surface area contributed by atoms with Crippen LogP contribution in [0.2, 0.25) is 0 Å². The van der Waals surface area contributed by atoms with Gasteiger partial charge >= 0.3 is 5.97 Å². The summed E-state index contributed by atoms with van der Waals surface area (Å²) in [5.41, 5.74) is 0.406. The number of ether oxygens (including phenoxy) is 2. The van der Waals surface area contributed by atoms with Crippen LogP contribution in [0.5, 0.6) is 11.5 Å². The Morgan fingerprint density at radius 3 is 2.00 bits per heavy atom. The first kappa shape index (κ1) is 16.0. The van der Waals surface area contributed by atoms with Gasteiger partial charge in [0.15, 0.2) is 0 Å². The molecule has 5 heteroatoms. The zero-order valence-electron chi connectivity index (χ0n) is 12.2. The van der Waals surface area contributed by atoms with Gasteiger partial charge in [0, 0.05) is 0 Å². The van der Waals surface area contributed by atoms with Crippen molar-refractivity contribution in [3.05, 3.63) is 29.8 Å². The second kappa shape index (κ2) is 5.96. The zero-order chi connectivity index (χ0) is 15.5. The second-order valence-electron chi connectivity index (χ2n) is 4.99. The highest BCUT2D eigenvalue weighted by Gasteiger charge is 2.27. The van der Waals surface area contributed by atoms with Crippen molar-refractivity contribution in [3.8, 4) is 11.5 Å². The van der Waals surface area contributed by atoms with E-state index in [4.69, 9.17) is 14.6 Å². The van der Waals surface area contributed by atoms with Crippen LogP contribution in [0.25, 0.3) is 5.57 Å². The van der Waals surface area contributed by atoms with E-state index in [0.717, 1.165) is 0 Å².